The maximum Gasteiger partial charge on any atom is 0.252 e. The molecule has 1 aliphatic heterocycles. The molecular formula is C24H29N3O2. The first-order valence-corrected chi connectivity index (χ1v) is 10.2. The van der Waals surface area contributed by atoms with Gasteiger partial charge in [-0.2, -0.15) is 0 Å². The lowest BCUT2D eigenvalue weighted by Crippen LogP contribution is -2.26. The van der Waals surface area contributed by atoms with Crippen LogP contribution in [-0.2, 0) is 13.1 Å². The maximum atomic E-state index is 12.7. The Bertz CT molecular complexity index is 1040. The molecule has 152 valence electrons. The standard InChI is InChI=1S/C24H29N3O2/c1-26(2)15-17-6-8-18(9-7-17)23-5-4-12-27(23)16-20-13-19-10-11-21(29-3)14-22(19)25-24(20)28/h6-11,13-14,23H,4-5,12,15-16H2,1-3H3,(H,25,28). The van der Waals surface area contributed by atoms with Crippen molar-refractivity contribution in [3.8, 4) is 5.75 Å². The summed E-state index contributed by atoms with van der Waals surface area (Å²) in [5, 5.41) is 1.03. The number of hydrogen-bond donors (Lipinski definition) is 1. The zero-order valence-corrected chi connectivity index (χ0v) is 17.4. The summed E-state index contributed by atoms with van der Waals surface area (Å²) in [7, 11) is 5.81. The van der Waals surface area contributed by atoms with E-state index in [0.717, 1.165) is 48.1 Å². The highest BCUT2D eigenvalue weighted by molar-refractivity contribution is 5.80. The molecule has 2 heterocycles. The van der Waals surface area contributed by atoms with Crippen molar-refractivity contribution in [1.29, 1.82) is 0 Å². The molecule has 5 heteroatoms. The van der Waals surface area contributed by atoms with Crippen LogP contribution in [-0.4, -0.2) is 42.5 Å². The van der Waals surface area contributed by atoms with Crippen LogP contribution in [0.4, 0.5) is 0 Å². The number of hydrogen-bond acceptors (Lipinski definition) is 4. The van der Waals surface area contributed by atoms with E-state index in [1.165, 1.54) is 11.1 Å². The van der Waals surface area contributed by atoms with Crippen molar-refractivity contribution >= 4 is 10.9 Å². The predicted octanol–water partition coefficient (Wildman–Crippen LogP) is 3.94. The van der Waals surface area contributed by atoms with Crippen molar-refractivity contribution in [2.24, 2.45) is 0 Å². The number of nitrogens with zero attached hydrogens (tertiary/aromatic N) is 2. The summed E-state index contributed by atoms with van der Waals surface area (Å²) >= 11 is 0. The van der Waals surface area contributed by atoms with E-state index in [9.17, 15) is 4.79 Å². The molecule has 1 aromatic heterocycles. The molecule has 2 aromatic carbocycles. The zero-order chi connectivity index (χ0) is 20.4. The molecule has 5 nitrogen and oxygen atoms in total. The summed E-state index contributed by atoms with van der Waals surface area (Å²) < 4.78 is 5.26. The van der Waals surface area contributed by atoms with Gasteiger partial charge in [0, 0.05) is 30.8 Å². The molecule has 0 saturated carbocycles. The number of likely N-dealkylation sites (tertiary alicyclic amines) is 1. The monoisotopic (exact) mass is 391 g/mol. The lowest BCUT2D eigenvalue weighted by Gasteiger charge is -2.25. The maximum absolute atomic E-state index is 12.7. The van der Waals surface area contributed by atoms with Gasteiger partial charge < -0.3 is 14.6 Å². The number of pyridine rings is 1. The van der Waals surface area contributed by atoms with E-state index in [4.69, 9.17) is 4.74 Å². The second-order valence-corrected chi connectivity index (χ2v) is 8.18. The second kappa shape index (κ2) is 8.39. The van der Waals surface area contributed by atoms with Crippen LogP contribution < -0.4 is 10.3 Å². The number of fused-ring (bicyclic) bond motifs is 1. The van der Waals surface area contributed by atoms with Crippen LogP contribution in [0.15, 0.2) is 53.3 Å². The Balaban J connectivity index is 1.55. The lowest BCUT2D eigenvalue weighted by molar-refractivity contribution is 0.247. The van der Waals surface area contributed by atoms with Gasteiger partial charge in [0.1, 0.15) is 5.75 Å². The Morgan fingerprint density at radius 2 is 1.93 bits per heavy atom. The molecule has 1 aliphatic rings. The van der Waals surface area contributed by atoms with Gasteiger partial charge in [0.2, 0.25) is 0 Å². The number of aromatic amines is 1. The highest BCUT2D eigenvalue weighted by Gasteiger charge is 2.26. The second-order valence-electron chi connectivity index (χ2n) is 8.18. The fraction of sp³-hybridized carbons (Fsp3) is 0.375. The fourth-order valence-corrected chi connectivity index (χ4v) is 4.29. The third-order valence-corrected chi connectivity index (χ3v) is 5.73. The number of rotatable bonds is 6. The molecular weight excluding hydrogens is 362 g/mol. The average molecular weight is 392 g/mol. The first-order valence-electron chi connectivity index (χ1n) is 10.2. The van der Waals surface area contributed by atoms with Crippen molar-refractivity contribution in [2.75, 3.05) is 27.7 Å². The molecule has 1 atom stereocenters. The van der Waals surface area contributed by atoms with E-state index in [-0.39, 0.29) is 5.56 Å². The quantitative estimate of drug-likeness (QED) is 0.692. The normalized spacial score (nSPS) is 17.3. The van der Waals surface area contributed by atoms with Gasteiger partial charge in [-0.05, 0) is 68.2 Å². The molecule has 29 heavy (non-hydrogen) atoms. The number of methoxy groups -OCH3 is 1. The molecule has 0 bridgehead atoms. The van der Waals surface area contributed by atoms with Gasteiger partial charge in [-0.1, -0.05) is 24.3 Å². The van der Waals surface area contributed by atoms with Gasteiger partial charge in [-0.3, -0.25) is 9.69 Å². The summed E-state index contributed by atoms with van der Waals surface area (Å²) in [6.45, 7) is 2.64. The van der Waals surface area contributed by atoms with Crippen LogP contribution in [0.3, 0.4) is 0 Å². The van der Waals surface area contributed by atoms with E-state index >= 15 is 0 Å². The van der Waals surface area contributed by atoms with Crippen LogP contribution in [0.1, 0.15) is 35.6 Å². The number of aromatic nitrogens is 1. The largest absolute Gasteiger partial charge is 0.497 e. The molecule has 4 rings (SSSR count). The van der Waals surface area contributed by atoms with Crippen LogP contribution in [0, 0.1) is 0 Å². The highest BCUT2D eigenvalue weighted by Crippen LogP contribution is 2.33. The average Bonchev–Trinajstić information content (AvgIpc) is 3.16. The highest BCUT2D eigenvalue weighted by atomic mass is 16.5. The topological polar surface area (TPSA) is 48.6 Å². The van der Waals surface area contributed by atoms with Crippen LogP contribution in [0.5, 0.6) is 5.75 Å². The summed E-state index contributed by atoms with van der Waals surface area (Å²) in [4.78, 5) is 20.3. The van der Waals surface area contributed by atoms with E-state index in [1.807, 2.05) is 24.3 Å². The molecule has 0 amide bonds. The van der Waals surface area contributed by atoms with Crippen molar-refractivity contribution in [2.45, 2.75) is 32.0 Å². The minimum Gasteiger partial charge on any atom is -0.497 e. The van der Waals surface area contributed by atoms with E-state index < -0.39 is 0 Å². The van der Waals surface area contributed by atoms with Crippen molar-refractivity contribution in [3.05, 3.63) is 75.6 Å². The Morgan fingerprint density at radius 3 is 2.66 bits per heavy atom. The molecule has 1 unspecified atom stereocenters. The molecule has 1 fully saturated rings. The smallest absolute Gasteiger partial charge is 0.252 e. The van der Waals surface area contributed by atoms with Crippen LogP contribution in [0.2, 0.25) is 0 Å². The van der Waals surface area contributed by atoms with E-state index in [0.29, 0.717) is 12.6 Å². The minimum absolute atomic E-state index is 0.0160. The Kier molecular flexibility index (Phi) is 5.69. The van der Waals surface area contributed by atoms with Crippen molar-refractivity contribution < 1.29 is 4.74 Å². The number of H-pyrrole nitrogens is 1. The summed E-state index contributed by atoms with van der Waals surface area (Å²) in [5.41, 5.74) is 4.28. The van der Waals surface area contributed by atoms with Crippen LogP contribution in [0.25, 0.3) is 10.9 Å². The SMILES string of the molecule is COc1ccc2cc(CN3CCCC3c3ccc(CN(C)C)cc3)c(=O)[nH]c2c1. The minimum atomic E-state index is -0.0160. The summed E-state index contributed by atoms with van der Waals surface area (Å²) in [6, 6.07) is 17.1. The third-order valence-electron chi connectivity index (χ3n) is 5.73. The van der Waals surface area contributed by atoms with E-state index in [2.05, 4.69) is 53.1 Å². The van der Waals surface area contributed by atoms with Gasteiger partial charge in [0.05, 0.1) is 12.6 Å². The predicted molar refractivity (Wildman–Crippen MR) is 117 cm³/mol. The van der Waals surface area contributed by atoms with Gasteiger partial charge in [-0.25, -0.2) is 0 Å². The molecule has 0 radical (unpaired) electrons. The Labute approximate surface area is 171 Å². The number of ether oxygens (including phenoxy) is 1. The molecule has 3 aromatic rings. The first kappa shape index (κ1) is 19.7. The Hall–Kier alpha value is -2.63. The zero-order valence-electron chi connectivity index (χ0n) is 17.4. The van der Waals surface area contributed by atoms with Crippen molar-refractivity contribution in [1.82, 2.24) is 14.8 Å². The molecule has 0 aliphatic carbocycles. The third kappa shape index (κ3) is 4.36. The van der Waals surface area contributed by atoms with Gasteiger partial charge in [0.25, 0.3) is 5.56 Å². The first-order chi connectivity index (χ1) is 14.0. The van der Waals surface area contributed by atoms with Gasteiger partial charge in [-0.15, -0.1) is 0 Å². The fourth-order valence-electron chi connectivity index (χ4n) is 4.29. The van der Waals surface area contributed by atoms with Crippen molar-refractivity contribution in [3.63, 3.8) is 0 Å². The van der Waals surface area contributed by atoms with Gasteiger partial charge in [0.15, 0.2) is 0 Å². The molecule has 1 N–H and O–H groups in total. The van der Waals surface area contributed by atoms with Gasteiger partial charge >= 0.3 is 0 Å². The molecule has 1 saturated heterocycles. The van der Waals surface area contributed by atoms with E-state index in [1.54, 1.807) is 7.11 Å². The summed E-state index contributed by atoms with van der Waals surface area (Å²) in [5.74, 6) is 0.748. The summed E-state index contributed by atoms with van der Waals surface area (Å²) in [6.07, 6.45) is 2.29. The lowest BCUT2D eigenvalue weighted by atomic mass is 10.0. The van der Waals surface area contributed by atoms with Crippen LogP contribution >= 0.6 is 0 Å². The number of benzene rings is 2. The number of nitrogens with one attached hydrogen (secondary N) is 1. The molecule has 0 spiro atoms. The Morgan fingerprint density at radius 1 is 1.14 bits per heavy atom.